The van der Waals surface area contributed by atoms with Crippen molar-refractivity contribution in [2.24, 2.45) is 11.8 Å². The van der Waals surface area contributed by atoms with Crippen LogP contribution in [0.25, 0.3) is 33.4 Å². The van der Waals surface area contributed by atoms with E-state index in [0.717, 1.165) is 57.3 Å². The van der Waals surface area contributed by atoms with Crippen molar-refractivity contribution in [3.8, 4) is 22.4 Å². The summed E-state index contributed by atoms with van der Waals surface area (Å²) in [7, 11) is 0. The van der Waals surface area contributed by atoms with Crippen LogP contribution in [0.4, 0.5) is 10.2 Å². The summed E-state index contributed by atoms with van der Waals surface area (Å²) in [5.74, 6) is 1.79. The van der Waals surface area contributed by atoms with Crippen molar-refractivity contribution in [3.05, 3.63) is 79.0 Å². The van der Waals surface area contributed by atoms with E-state index in [1.807, 2.05) is 18.2 Å². The van der Waals surface area contributed by atoms with Crippen LogP contribution in [0.1, 0.15) is 40.0 Å². The maximum absolute atomic E-state index is 13.5. The van der Waals surface area contributed by atoms with Crippen LogP contribution in [0.5, 0.6) is 0 Å². The highest BCUT2D eigenvalue weighted by Gasteiger charge is 2.17. The Morgan fingerprint density at radius 3 is 2.39 bits per heavy atom. The zero-order chi connectivity index (χ0) is 23.4. The highest BCUT2D eigenvalue weighted by molar-refractivity contribution is 6.02. The molecule has 3 aromatic heterocycles. The highest BCUT2D eigenvalue weighted by Crippen LogP contribution is 2.38. The standard InChI is InChI=1S/C28H31FN4/c1-18(2)5-6-19(3)17-20(4)31-25-12-11-24-26(21-13-15-30-16-14-21)27(33-28(24)32-25)22-7-9-23(29)10-8-22/h7-16,18-19H,4-6,17H2,1-3H3,(H2,31,32,33)/t19-/m1/s1. The first kappa shape index (κ1) is 22.7. The van der Waals surface area contributed by atoms with Gasteiger partial charge < -0.3 is 10.3 Å². The predicted molar refractivity (Wildman–Crippen MR) is 135 cm³/mol. The molecule has 4 rings (SSSR count). The van der Waals surface area contributed by atoms with Gasteiger partial charge in [-0.05, 0) is 77.9 Å². The van der Waals surface area contributed by atoms with Crippen LogP contribution in [0, 0.1) is 17.7 Å². The number of rotatable bonds is 9. The number of halogens is 1. The van der Waals surface area contributed by atoms with E-state index in [-0.39, 0.29) is 5.82 Å². The highest BCUT2D eigenvalue weighted by atomic mass is 19.1. The maximum atomic E-state index is 13.5. The molecule has 0 saturated carbocycles. The van der Waals surface area contributed by atoms with Crippen molar-refractivity contribution >= 4 is 16.9 Å². The van der Waals surface area contributed by atoms with Gasteiger partial charge in [0.15, 0.2) is 0 Å². The maximum Gasteiger partial charge on any atom is 0.140 e. The van der Waals surface area contributed by atoms with Gasteiger partial charge in [0.1, 0.15) is 17.3 Å². The lowest BCUT2D eigenvalue weighted by molar-refractivity contribution is 0.448. The quantitative estimate of drug-likeness (QED) is 0.278. The molecule has 2 N–H and O–H groups in total. The van der Waals surface area contributed by atoms with Crippen molar-refractivity contribution in [1.82, 2.24) is 15.0 Å². The van der Waals surface area contributed by atoms with Crippen LogP contribution in [0.2, 0.25) is 0 Å². The number of fused-ring (bicyclic) bond motifs is 1. The van der Waals surface area contributed by atoms with Gasteiger partial charge in [0.2, 0.25) is 0 Å². The second kappa shape index (κ2) is 9.99. The Bertz CT molecular complexity index is 1230. The molecule has 0 aliphatic carbocycles. The van der Waals surface area contributed by atoms with Gasteiger partial charge in [0.25, 0.3) is 0 Å². The number of aromatic amines is 1. The van der Waals surface area contributed by atoms with Gasteiger partial charge in [-0.3, -0.25) is 4.98 Å². The molecular weight excluding hydrogens is 411 g/mol. The fourth-order valence-corrected chi connectivity index (χ4v) is 4.17. The molecule has 0 saturated heterocycles. The Morgan fingerprint density at radius 2 is 1.70 bits per heavy atom. The molecule has 0 bridgehead atoms. The monoisotopic (exact) mass is 442 g/mol. The lowest BCUT2D eigenvalue weighted by Crippen LogP contribution is -2.06. The predicted octanol–water partition coefficient (Wildman–Crippen LogP) is 7.82. The van der Waals surface area contributed by atoms with Gasteiger partial charge in [-0.25, -0.2) is 9.37 Å². The Hall–Kier alpha value is -3.47. The van der Waals surface area contributed by atoms with Crippen molar-refractivity contribution in [2.45, 2.75) is 40.0 Å². The SMILES string of the molecule is C=C(C[C@H](C)CCC(C)C)Nc1ccc2c(-c3ccncc3)c(-c3ccc(F)cc3)[nH]c2n1. The fraction of sp³-hybridized carbons (Fsp3) is 0.286. The molecular formula is C28H31FN4. The second-order valence-electron chi connectivity index (χ2n) is 9.22. The first-order chi connectivity index (χ1) is 15.9. The summed E-state index contributed by atoms with van der Waals surface area (Å²) in [6, 6.07) is 14.5. The molecule has 0 unspecified atom stereocenters. The van der Waals surface area contributed by atoms with Gasteiger partial charge in [0, 0.05) is 29.0 Å². The molecule has 33 heavy (non-hydrogen) atoms. The minimum Gasteiger partial charge on any atom is -0.344 e. The number of aromatic nitrogens is 3. The van der Waals surface area contributed by atoms with E-state index in [2.05, 4.69) is 48.7 Å². The largest absolute Gasteiger partial charge is 0.344 e. The summed E-state index contributed by atoms with van der Waals surface area (Å²) in [5, 5.41) is 4.38. The molecule has 5 heteroatoms. The average Bonchev–Trinajstić information content (AvgIpc) is 3.17. The summed E-state index contributed by atoms with van der Waals surface area (Å²) in [6.45, 7) is 11.0. The van der Waals surface area contributed by atoms with Gasteiger partial charge in [0.05, 0.1) is 5.69 Å². The third-order valence-corrected chi connectivity index (χ3v) is 5.90. The Balaban J connectivity index is 1.64. The fourth-order valence-electron chi connectivity index (χ4n) is 4.17. The summed E-state index contributed by atoms with van der Waals surface area (Å²) in [4.78, 5) is 12.4. The van der Waals surface area contributed by atoms with Gasteiger partial charge >= 0.3 is 0 Å². The number of hydrogen-bond donors (Lipinski definition) is 2. The number of nitrogens with one attached hydrogen (secondary N) is 2. The first-order valence-corrected chi connectivity index (χ1v) is 11.5. The van der Waals surface area contributed by atoms with E-state index in [9.17, 15) is 4.39 Å². The molecule has 0 amide bonds. The first-order valence-electron chi connectivity index (χ1n) is 11.5. The number of anilines is 1. The summed E-state index contributed by atoms with van der Waals surface area (Å²) >= 11 is 0. The molecule has 0 radical (unpaired) electrons. The van der Waals surface area contributed by atoms with E-state index < -0.39 is 0 Å². The van der Waals surface area contributed by atoms with Gasteiger partial charge in [-0.15, -0.1) is 0 Å². The minimum absolute atomic E-state index is 0.258. The molecule has 1 atom stereocenters. The number of nitrogens with zero attached hydrogens (tertiary/aromatic N) is 2. The minimum atomic E-state index is -0.258. The average molecular weight is 443 g/mol. The normalized spacial score (nSPS) is 12.3. The van der Waals surface area contributed by atoms with Crippen LogP contribution in [0.15, 0.2) is 73.2 Å². The zero-order valence-electron chi connectivity index (χ0n) is 19.5. The molecule has 1 aromatic carbocycles. The van der Waals surface area contributed by atoms with Crippen molar-refractivity contribution in [1.29, 1.82) is 0 Å². The number of pyridine rings is 2. The summed E-state index contributed by atoms with van der Waals surface area (Å²) < 4.78 is 13.5. The van der Waals surface area contributed by atoms with Gasteiger partial charge in [-0.1, -0.05) is 40.2 Å². The topological polar surface area (TPSA) is 53.6 Å². The third-order valence-electron chi connectivity index (χ3n) is 5.90. The Kier molecular flexibility index (Phi) is 6.87. The third kappa shape index (κ3) is 5.48. The number of hydrogen-bond acceptors (Lipinski definition) is 3. The van der Waals surface area contributed by atoms with Crippen LogP contribution >= 0.6 is 0 Å². The molecule has 0 aliphatic rings. The Morgan fingerprint density at radius 1 is 0.970 bits per heavy atom. The lowest BCUT2D eigenvalue weighted by atomic mass is 9.96. The van der Waals surface area contributed by atoms with E-state index in [1.165, 1.54) is 25.0 Å². The molecule has 0 fully saturated rings. The number of benzene rings is 1. The smallest absolute Gasteiger partial charge is 0.140 e. The van der Waals surface area contributed by atoms with Crippen molar-refractivity contribution < 1.29 is 4.39 Å². The Labute approximate surface area is 195 Å². The molecule has 0 aliphatic heterocycles. The molecule has 170 valence electrons. The zero-order valence-corrected chi connectivity index (χ0v) is 19.5. The van der Waals surface area contributed by atoms with Gasteiger partial charge in [-0.2, -0.15) is 0 Å². The van der Waals surface area contributed by atoms with E-state index >= 15 is 0 Å². The molecule has 4 nitrogen and oxygen atoms in total. The lowest BCUT2D eigenvalue weighted by Gasteiger charge is -2.15. The summed E-state index contributed by atoms with van der Waals surface area (Å²) in [5.41, 5.74) is 5.60. The van der Waals surface area contributed by atoms with Crippen molar-refractivity contribution in [2.75, 3.05) is 5.32 Å². The van der Waals surface area contributed by atoms with Crippen molar-refractivity contribution in [3.63, 3.8) is 0 Å². The van der Waals surface area contributed by atoms with E-state index in [0.29, 0.717) is 5.92 Å². The number of allylic oxidation sites excluding steroid dienone is 1. The molecule has 0 spiro atoms. The van der Waals surface area contributed by atoms with E-state index in [1.54, 1.807) is 24.5 Å². The van der Waals surface area contributed by atoms with Crippen LogP contribution < -0.4 is 5.32 Å². The number of H-pyrrole nitrogens is 1. The van der Waals surface area contributed by atoms with E-state index in [4.69, 9.17) is 4.98 Å². The molecule has 4 aromatic rings. The van der Waals surface area contributed by atoms with Crippen LogP contribution in [-0.4, -0.2) is 15.0 Å². The van der Waals surface area contributed by atoms with Crippen LogP contribution in [0.3, 0.4) is 0 Å². The summed E-state index contributed by atoms with van der Waals surface area (Å²) in [6.07, 6.45) is 6.88. The second-order valence-corrected chi connectivity index (χ2v) is 9.22. The van der Waals surface area contributed by atoms with Crippen LogP contribution in [-0.2, 0) is 0 Å². The molecule has 3 heterocycles.